The molecule has 0 fully saturated rings. The molecule has 13 heteroatoms. The normalized spacial score (nSPS) is 15.0. The predicted octanol–water partition coefficient (Wildman–Crippen LogP) is -4.63. The van der Waals surface area contributed by atoms with Crippen molar-refractivity contribution in [3.63, 3.8) is 0 Å². The number of aliphatic carboxylic acids is 4. The summed E-state index contributed by atoms with van der Waals surface area (Å²) in [7, 11) is 0. The number of hydrogen-bond acceptors (Lipinski definition) is 8. The summed E-state index contributed by atoms with van der Waals surface area (Å²) in [6, 6.07) is 0. The molecule has 0 aliphatic rings. The van der Waals surface area contributed by atoms with Crippen molar-refractivity contribution >= 4 is 32.3 Å². The van der Waals surface area contributed by atoms with Crippen molar-refractivity contribution in [3.8, 4) is 0 Å². The smallest absolute Gasteiger partial charge is 0.335 e. The Morgan fingerprint density at radius 3 is 0.619 bits per heavy atom. The van der Waals surface area contributed by atoms with Crippen LogP contribution in [0.1, 0.15) is 0 Å². The van der Waals surface area contributed by atoms with Gasteiger partial charge in [-0.2, -0.15) is 0 Å². The minimum Gasteiger partial charge on any atom is -0.479 e. The number of rotatable bonds is 6. The van der Waals surface area contributed by atoms with Crippen LogP contribution in [0.4, 0.5) is 0 Å². The van der Waals surface area contributed by atoms with Gasteiger partial charge in [0.1, 0.15) is 0 Å². The van der Waals surface area contributed by atoms with Crippen molar-refractivity contribution in [3.05, 3.63) is 0 Å². The Bertz CT molecular complexity index is 309. The van der Waals surface area contributed by atoms with Gasteiger partial charge in [0, 0.05) is 8.41 Å². The van der Waals surface area contributed by atoms with Crippen LogP contribution in [0.5, 0.6) is 0 Å². The van der Waals surface area contributed by atoms with Gasteiger partial charge >= 0.3 is 23.9 Å². The lowest BCUT2D eigenvalue weighted by atomic mass is 10.2. The quantitative estimate of drug-likeness (QED) is 0.216. The molecule has 8 N–H and O–H groups in total. The van der Waals surface area contributed by atoms with Gasteiger partial charge in [-0.05, 0) is 0 Å². The van der Waals surface area contributed by atoms with Crippen LogP contribution in [0.25, 0.3) is 0 Å². The predicted molar refractivity (Wildman–Crippen MR) is 60.3 cm³/mol. The molecular weight excluding hydrogens is 299 g/mol. The van der Waals surface area contributed by atoms with Gasteiger partial charge in [0.25, 0.3) is 0 Å². The van der Waals surface area contributed by atoms with Gasteiger partial charge in [-0.1, -0.05) is 0 Å². The van der Waals surface area contributed by atoms with Crippen molar-refractivity contribution in [1.29, 1.82) is 0 Å². The minimum absolute atomic E-state index is 0. The van der Waals surface area contributed by atoms with E-state index in [4.69, 9.17) is 40.9 Å². The fourth-order valence-corrected chi connectivity index (χ4v) is 0.540. The molecule has 4 unspecified atom stereocenters. The third-order valence-electron chi connectivity index (χ3n) is 1.61. The van der Waals surface area contributed by atoms with Crippen molar-refractivity contribution in [1.82, 2.24) is 0 Å². The number of carboxylic acid groups (broad SMARTS) is 4. The lowest BCUT2D eigenvalue weighted by Gasteiger charge is -2.07. The fourth-order valence-electron chi connectivity index (χ4n) is 0.540. The second-order valence-electron chi connectivity index (χ2n) is 3.13. The number of carbonyl (C=O) groups is 4. The molecule has 12 nitrogen and oxygen atoms in total. The van der Waals surface area contributed by atoms with E-state index in [2.05, 4.69) is 0 Å². The van der Waals surface area contributed by atoms with Crippen LogP contribution in [0.15, 0.2) is 0 Å². The Balaban J connectivity index is -0.000000295. The molecule has 0 saturated carbocycles. The zero-order valence-corrected chi connectivity index (χ0v) is 10.1. The Kier molecular flexibility index (Phi) is 12.0. The van der Waals surface area contributed by atoms with Crippen LogP contribution in [0.3, 0.4) is 0 Å². The Labute approximate surface area is 118 Å². The van der Waals surface area contributed by atoms with Crippen LogP contribution in [0.2, 0.25) is 0 Å². The van der Waals surface area contributed by atoms with Crippen molar-refractivity contribution in [2.45, 2.75) is 24.4 Å². The summed E-state index contributed by atoms with van der Waals surface area (Å²) in [5, 5.41) is 65.1. The third kappa shape index (κ3) is 9.34. The SMILES string of the molecule is O=C(O)C(O)C(O)C(=O)O.O=C(O)C(O)C(O)C(=O)O.[B]. The summed E-state index contributed by atoms with van der Waals surface area (Å²) in [4.78, 5) is 39.1. The molecule has 0 saturated heterocycles. The van der Waals surface area contributed by atoms with Gasteiger partial charge in [0.05, 0.1) is 0 Å². The Hall–Kier alpha value is -2.22. The summed E-state index contributed by atoms with van der Waals surface area (Å²) >= 11 is 0. The molecule has 0 bridgehead atoms. The molecule has 21 heavy (non-hydrogen) atoms. The first-order valence-electron chi connectivity index (χ1n) is 4.57. The first-order valence-corrected chi connectivity index (χ1v) is 4.57. The second kappa shape index (κ2) is 10.6. The highest BCUT2D eigenvalue weighted by atomic mass is 16.4. The van der Waals surface area contributed by atoms with Gasteiger partial charge in [-0.15, -0.1) is 0 Å². The minimum atomic E-state index is -2.27. The summed E-state index contributed by atoms with van der Waals surface area (Å²) < 4.78 is 0. The first kappa shape index (κ1) is 23.8. The van der Waals surface area contributed by atoms with E-state index in [1.54, 1.807) is 0 Å². The highest BCUT2D eigenvalue weighted by Crippen LogP contribution is 1.93. The average molecular weight is 311 g/mol. The van der Waals surface area contributed by atoms with Gasteiger partial charge in [-0.3, -0.25) is 0 Å². The number of aliphatic hydroxyl groups excluding tert-OH is 4. The van der Waals surface area contributed by atoms with E-state index < -0.39 is 48.3 Å². The van der Waals surface area contributed by atoms with E-state index in [0.29, 0.717) is 0 Å². The van der Waals surface area contributed by atoms with Gasteiger partial charge in [-0.25, -0.2) is 19.2 Å². The van der Waals surface area contributed by atoms with Crippen LogP contribution in [-0.4, -0.2) is 97.6 Å². The highest BCUT2D eigenvalue weighted by molar-refractivity contribution is 5.83. The van der Waals surface area contributed by atoms with Crippen molar-refractivity contribution in [2.24, 2.45) is 0 Å². The zero-order chi connectivity index (χ0) is 16.6. The molecule has 4 atom stereocenters. The molecule has 0 rings (SSSR count). The van der Waals surface area contributed by atoms with Gasteiger partial charge < -0.3 is 40.9 Å². The second-order valence-corrected chi connectivity index (χ2v) is 3.13. The van der Waals surface area contributed by atoms with Crippen LogP contribution in [-0.2, 0) is 19.2 Å². The maximum absolute atomic E-state index is 9.77. The first-order chi connectivity index (χ1) is 8.93. The maximum Gasteiger partial charge on any atom is 0.335 e. The van der Waals surface area contributed by atoms with Gasteiger partial charge in [0.15, 0.2) is 24.4 Å². The molecule has 0 aromatic heterocycles. The van der Waals surface area contributed by atoms with E-state index in [1.807, 2.05) is 0 Å². The monoisotopic (exact) mass is 311 g/mol. The highest BCUT2D eigenvalue weighted by Gasteiger charge is 2.30. The summed E-state index contributed by atoms with van der Waals surface area (Å²) in [5.74, 6) is -7.07. The standard InChI is InChI=1S/2C4H6O6.B/c2*5-1(3(7)8)2(6)4(9)10;/h2*1-2,5-6H,(H,7,8)(H,9,10);. The van der Waals surface area contributed by atoms with Crippen molar-refractivity contribution in [2.75, 3.05) is 0 Å². The molecule has 0 aliphatic heterocycles. The van der Waals surface area contributed by atoms with Crippen molar-refractivity contribution < 1.29 is 60.0 Å². The van der Waals surface area contributed by atoms with Gasteiger partial charge in [0.2, 0.25) is 0 Å². The van der Waals surface area contributed by atoms with E-state index >= 15 is 0 Å². The molecular formula is C8H12BO12. The van der Waals surface area contributed by atoms with Crippen LogP contribution in [0, 0.1) is 0 Å². The Morgan fingerprint density at radius 2 is 0.571 bits per heavy atom. The van der Waals surface area contributed by atoms with Crippen LogP contribution < -0.4 is 0 Å². The molecule has 3 radical (unpaired) electrons. The average Bonchev–Trinajstić information content (AvgIpc) is 2.35. The van der Waals surface area contributed by atoms with E-state index in [1.165, 1.54) is 0 Å². The zero-order valence-electron chi connectivity index (χ0n) is 10.1. The summed E-state index contributed by atoms with van der Waals surface area (Å²) in [5.41, 5.74) is 0. The Morgan fingerprint density at radius 1 is 0.476 bits per heavy atom. The molecule has 0 amide bonds. The lowest BCUT2D eigenvalue weighted by molar-refractivity contribution is -0.165. The summed E-state index contributed by atoms with van der Waals surface area (Å²) in [6.45, 7) is 0. The molecule has 0 spiro atoms. The van der Waals surface area contributed by atoms with E-state index in [-0.39, 0.29) is 8.41 Å². The maximum atomic E-state index is 9.77. The molecule has 0 aliphatic carbocycles. The molecule has 119 valence electrons. The topological polar surface area (TPSA) is 230 Å². The third-order valence-corrected chi connectivity index (χ3v) is 1.61. The number of aliphatic hydroxyl groups is 4. The van der Waals surface area contributed by atoms with E-state index in [0.717, 1.165) is 0 Å². The summed E-state index contributed by atoms with van der Waals surface area (Å²) in [6.07, 6.45) is -9.06. The fraction of sp³-hybridized carbons (Fsp3) is 0.500. The number of carboxylic acids is 4. The lowest BCUT2D eigenvalue weighted by Crippen LogP contribution is -2.39. The van der Waals surface area contributed by atoms with Crippen LogP contribution >= 0.6 is 0 Å². The molecule has 0 heterocycles. The molecule has 0 aromatic rings. The van der Waals surface area contributed by atoms with E-state index in [9.17, 15) is 19.2 Å². The molecule has 0 aromatic carbocycles. The number of hydrogen-bond donors (Lipinski definition) is 8. The largest absolute Gasteiger partial charge is 0.479 e.